The lowest BCUT2D eigenvalue weighted by Gasteiger charge is -2.26. The van der Waals surface area contributed by atoms with Crippen molar-refractivity contribution in [1.29, 1.82) is 0 Å². The van der Waals surface area contributed by atoms with Gasteiger partial charge in [0.15, 0.2) is 20.5 Å². The minimum absolute atomic E-state index is 0.0605. The zero-order chi connectivity index (χ0) is 71.6. The molecule has 2 aliphatic rings. The first kappa shape index (κ1) is 79.4. The summed E-state index contributed by atoms with van der Waals surface area (Å²) in [6.07, 6.45) is 8.22. The largest absolute Gasteiger partial charge is 0.477 e. The Hall–Kier alpha value is -8.25. The summed E-state index contributed by atoms with van der Waals surface area (Å²) in [7, 11) is 0. The summed E-state index contributed by atoms with van der Waals surface area (Å²) >= 11 is 28.8. The number of anilines is 4. The fourth-order valence-corrected chi connectivity index (χ4v) is 11.7. The molecule has 0 saturated carbocycles. The lowest BCUT2D eigenvalue weighted by atomic mass is 10.1. The number of rotatable bonds is 14. The van der Waals surface area contributed by atoms with Crippen LogP contribution >= 0.6 is 91.8 Å². The normalized spacial score (nSPS) is 13.0. The number of halogens is 4. The Kier molecular flexibility index (Phi) is 31.6. The highest BCUT2D eigenvalue weighted by Gasteiger charge is 2.28. The van der Waals surface area contributed by atoms with Gasteiger partial charge >= 0.3 is 18.2 Å². The standard InChI is InChI=1S/C18H19ClN4O2S.C15H17ClN2O3S.C10H9ClN2S.C8H12N2O3.C8H12N2O2S.C7H5ClO/c1-11(2)23-16(24)7-6-15(22-23)17(25)21-18-20-10-14(26-18)9-12-4-3-5-13(19)8-12;1-15(2,3)21-14(20)18-13-17-8-11(22-13)12(19)9-5-4-6-10(16)7-9;11-8-3-1-2-7(4-8)5-9-6-13-10(12)14-9;1-5(2)10-7(11)4-3-6(9-10)8(12)13;1-8(2,3)12-7(11)10-6-9-4-5-13-6;8-7-3-1-2-6(4-7)5-9/h3-5,8,10-11H,6-7,9H2,1-2H3,(H,20,21,25);4-8,12,19H,1-3H3,(H,17,18,20);1-4,6H,5H2,(H2,12,13);5H,3-4H2,1-2H3,(H,12,13);4-5H,1-3H3,(H,9,10,11);1-5H. The van der Waals surface area contributed by atoms with Crippen molar-refractivity contribution in [2.24, 2.45) is 10.2 Å². The van der Waals surface area contributed by atoms with E-state index in [1.54, 1.807) is 107 Å². The molecule has 0 fully saturated rings. The van der Waals surface area contributed by atoms with E-state index in [0.29, 0.717) is 76.6 Å². The summed E-state index contributed by atoms with van der Waals surface area (Å²) in [6, 6.07) is 29.1. The molecule has 0 spiro atoms. The van der Waals surface area contributed by atoms with E-state index in [1.165, 1.54) is 67.1 Å². The molecule has 23 nitrogen and oxygen atoms in total. The number of carboxylic acid groups (broad SMARTS) is 1. The van der Waals surface area contributed by atoms with Gasteiger partial charge in [0.05, 0.1) is 4.88 Å². The maximum absolute atomic E-state index is 12.4. The second-order valence-electron chi connectivity index (χ2n) is 23.2. The molecule has 31 heteroatoms. The van der Waals surface area contributed by atoms with Crippen molar-refractivity contribution >= 4 is 166 Å². The van der Waals surface area contributed by atoms with Gasteiger partial charge in [-0.15, -0.1) is 34.0 Å². The molecule has 6 heterocycles. The van der Waals surface area contributed by atoms with Gasteiger partial charge in [-0.2, -0.15) is 10.2 Å². The number of benzene rings is 4. The van der Waals surface area contributed by atoms with Crippen LogP contribution in [0.1, 0.15) is 143 Å². The fourth-order valence-electron chi connectivity index (χ4n) is 7.94. The van der Waals surface area contributed by atoms with Crippen molar-refractivity contribution in [3.05, 3.63) is 184 Å². The van der Waals surface area contributed by atoms with Gasteiger partial charge in [0, 0.05) is 116 Å². The smallest absolute Gasteiger partial charge is 0.413 e. The van der Waals surface area contributed by atoms with Crippen LogP contribution in [0.3, 0.4) is 0 Å². The van der Waals surface area contributed by atoms with Crippen LogP contribution in [0.25, 0.3) is 0 Å². The van der Waals surface area contributed by atoms with Crippen LogP contribution in [-0.2, 0) is 41.5 Å². The van der Waals surface area contributed by atoms with Crippen molar-refractivity contribution < 1.29 is 53.2 Å². The van der Waals surface area contributed by atoms with Crippen molar-refractivity contribution in [1.82, 2.24) is 30.0 Å². The van der Waals surface area contributed by atoms with Gasteiger partial charge in [-0.25, -0.2) is 44.3 Å². The molecule has 0 aliphatic carbocycles. The molecule has 4 aromatic heterocycles. The molecular formula is C66H74Cl4N12O11S4. The Labute approximate surface area is 598 Å². The monoisotopic (exact) mass is 1480 g/mol. The summed E-state index contributed by atoms with van der Waals surface area (Å²) in [4.78, 5) is 98.0. The van der Waals surface area contributed by atoms with Crippen molar-refractivity contribution in [3.63, 3.8) is 0 Å². The van der Waals surface area contributed by atoms with Gasteiger partial charge in [-0.05, 0) is 134 Å². The number of carboxylic acids is 1. The third-order valence-corrected chi connectivity index (χ3v) is 16.4. The number of amides is 5. The van der Waals surface area contributed by atoms with E-state index in [-0.39, 0.29) is 48.4 Å². The lowest BCUT2D eigenvalue weighted by molar-refractivity contribution is -0.135. The van der Waals surface area contributed by atoms with Gasteiger partial charge in [-0.1, -0.05) is 106 Å². The molecule has 4 aromatic carbocycles. The number of ether oxygens (including phenoxy) is 2. The summed E-state index contributed by atoms with van der Waals surface area (Å²) < 4.78 is 10.2. The van der Waals surface area contributed by atoms with Crippen LogP contribution in [0.2, 0.25) is 20.1 Å². The van der Waals surface area contributed by atoms with Gasteiger partial charge in [0.1, 0.15) is 35.0 Å². The molecule has 7 N–H and O–H groups in total. The van der Waals surface area contributed by atoms with E-state index in [2.05, 4.69) is 46.1 Å². The van der Waals surface area contributed by atoms with E-state index in [0.717, 1.165) is 33.0 Å². The molecule has 0 radical (unpaired) electrons. The molecule has 1 unspecified atom stereocenters. The van der Waals surface area contributed by atoms with Gasteiger partial charge in [-0.3, -0.25) is 35.1 Å². The van der Waals surface area contributed by atoms with Crippen LogP contribution < -0.4 is 21.7 Å². The lowest BCUT2D eigenvalue weighted by Crippen LogP contribution is -2.39. The summed E-state index contributed by atoms with van der Waals surface area (Å²) in [5.74, 6) is -1.53. The van der Waals surface area contributed by atoms with Crippen LogP contribution in [0, 0.1) is 0 Å². The topological polar surface area (TPSA) is 323 Å². The molecule has 516 valence electrons. The highest BCUT2D eigenvalue weighted by Crippen LogP contribution is 2.31. The first-order chi connectivity index (χ1) is 45.7. The quantitative estimate of drug-likeness (QED) is 0.0551. The number of hydrogen-bond acceptors (Lipinski definition) is 21. The molecule has 10 rings (SSSR count). The van der Waals surface area contributed by atoms with Crippen LogP contribution in [-0.4, -0.2) is 117 Å². The molecule has 8 aromatic rings. The number of nitrogen functional groups attached to an aromatic ring is 1. The van der Waals surface area contributed by atoms with E-state index in [9.17, 15) is 38.7 Å². The number of carbonyl (C=O) groups is 7. The summed E-state index contributed by atoms with van der Waals surface area (Å²) in [5, 5.41) is 43.8. The molecule has 0 saturated heterocycles. The number of aliphatic hydroxyl groups is 1. The van der Waals surface area contributed by atoms with Gasteiger partial charge in [0.2, 0.25) is 11.8 Å². The third-order valence-electron chi connectivity index (χ3n) is 12.1. The number of hydrazone groups is 2. The second-order valence-corrected chi connectivity index (χ2v) is 29.2. The summed E-state index contributed by atoms with van der Waals surface area (Å²) in [5.41, 5.74) is 8.46. The first-order valence-electron chi connectivity index (χ1n) is 29.7. The Morgan fingerprint density at radius 2 is 1.08 bits per heavy atom. The van der Waals surface area contributed by atoms with E-state index in [4.69, 9.17) is 66.7 Å². The molecule has 97 heavy (non-hydrogen) atoms. The number of hydrogen-bond donors (Lipinski definition) is 6. The van der Waals surface area contributed by atoms with E-state index >= 15 is 0 Å². The van der Waals surface area contributed by atoms with Crippen LogP contribution in [0.15, 0.2) is 137 Å². The number of nitrogens with one attached hydrogen (secondary N) is 3. The minimum Gasteiger partial charge on any atom is -0.477 e. The van der Waals surface area contributed by atoms with Crippen LogP contribution in [0.4, 0.5) is 30.1 Å². The fraction of sp³-hybridized carbons (Fsp3) is 0.318. The average molecular weight is 1480 g/mol. The zero-order valence-electron chi connectivity index (χ0n) is 54.5. The SMILES string of the molecule is CC(C)(C)OC(=O)Nc1ncc(C(O)c2cccc(Cl)c2)s1.CC(C)(C)OC(=O)Nc1nccs1.CC(C)N1N=C(C(=O)Nc2ncc(Cc3cccc(Cl)c3)s2)CCC1=O.CC(C)N1N=C(C(=O)O)CCC1=O.Nc1ncc(Cc2cccc(Cl)c2)s1.O=Cc1cccc(Cl)c1. The molecule has 1 atom stereocenters. The molecule has 0 bridgehead atoms. The first-order valence-corrected chi connectivity index (χ1v) is 34.5. The number of aliphatic hydroxyl groups excluding tert-OH is 1. The number of nitrogens with two attached hydrogens (primary N) is 1. The predicted octanol–water partition coefficient (Wildman–Crippen LogP) is 16.0. The Balaban J connectivity index is 0.000000218. The summed E-state index contributed by atoms with van der Waals surface area (Å²) in [6.45, 7) is 18.1. The van der Waals surface area contributed by atoms with Crippen molar-refractivity contribution in [2.45, 2.75) is 137 Å². The maximum atomic E-state index is 12.4. The number of nitrogens with zero attached hydrogens (tertiary/aromatic N) is 8. The highest BCUT2D eigenvalue weighted by atomic mass is 35.5. The zero-order valence-corrected chi connectivity index (χ0v) is 60.8. The average Bonchev–Trinajstić information content (AvgIpc) is 1.39. The maximum Gasteiger partial charge on any atom is 0.413 e. The van der Waals surface area contributed by atoms with Gasteiger partial charge in [0.25, 0.3) is 5.91 Å². The minimum atomic E-state index is -1.04. The number of aliphatic carboxylic acids is 1. The van der Waals surface area contributed by atoms with Crippen molar-refractivity contribution in [2.75, 3.05) is 21.7 Å². The molecule has 2 aliphatic heterocycles. The Morgan fingerprint density at radius 3 is 1.55 bits per heavy atom. The van der Waals surface area contributed by atoms with Crippen molar-refractivity contribution in [3.8, 4) is 0 Å². The highest BCUT2D eigenvalue weighted by molar-refractivity contribution is 7.16. The third kappa shape index (κ3) is 29.6. The Morgan fingerprint density at radius 1 is 0.608 bits per heavy atom. The molecular weight excluding hydrogens is 1410 g/mol. The number of aldehydes is 1. The second kappa shape index (κ2) is 38.6. The predicted molar refractivity (Wildman–Crippen MR) is 387 cm³/mol. The molecule has 5 amide bonds. The van der Waals surface area contributed by atoms with E-state index < -0.39 is 35.5 Å². The number of carbonyl (C=O) groups excluding carboxylic acids is 6. The number of thiazole rings is 4. The number of aromatic nitrogens is 4. The van der Waals surface area contributed by atoms with Gasteiger partial charge < -0.3 is 25.4 Å². The van der Waals surface area contributed by atoms with E-state index in [1.807, 2.05) is 83.1 Å². The Bertz CT molecular complexity index is 4000. The van der Waals surface area contributed by atoms with Crippen LogP contribution in [0.5, 0.6) is 0 Å².